The standard InChI is InChI=1S/C12H11N5O2S/c1-7(9-5-17-12(16-9)20-6-14-17)15-11(19)8-3-2-4-13-10(8)18/h2-7H,1H3,(H,13,18)(H,15,19)/t7-/m1/s1. The minimum atomic E-state index is -0.427. The molecule has 0 unspecified atom stereocenters. The Bertz CT molecular complexity index is 790. The molecule has 102 valence electrons. The minimum absolute atomic E-state index is 0.0819. The number of rotatable bonds is 3. The number of pyridine rings is 1. The van der Waals surface area contributed by atoms with Crippen molar-refractivity contribution in [3.8, 4) is 0 Å². The molecular weight excluding hydrogens is 278 g/mol. The van der Waals surface area contributed by atoms with Gasteiger partial charge in [-0.3, -0.25) is 9.59 Å². The molecule has 0 radical (unpaired) electrons. The minimum Gasteiger partial charge on any atom is -0.344 e. The Balaban J connectivity index is 1.80. The zero-order chi connectivity index (χ0) is 14.1. The van der Waals surface area contributed by atoms with Crippen LogP contribution in [0.3, 0.4) is 0 Å². The Morgan fingerprint density at radius 2 is 2.40 bits per heavy atom. The molecule has 3 rings (SSSR count). The first kappa shape index (κ1) is 12.5. The van der Waals surface area contributed by atoms with Crippen LogP contribution in [-0.4, -0.2) is 25.5 Å². The molecule has 1 atom stereocenters. The second kappa shape index (κ2) is 4.89. The number of aromatic amines is 1. The lowest BCUT2D eigenvalue weighted by Gasteiger charge is -2.10. The summed E-state index contributed by atoms with van der Waals surface area (Å²) in [5.74, 6) is -0.427. The summed E-state index contributed by atoms with van der Waals surface area (Å²) in [6, 6.07) is 2.78. The topological polar surface area (TPSA) is 92.2 Å². The van der Waals surface area contributed by atoms with Crippen molar-refractivity contribution in [3.05, 3.63) is 51.6 Å². The third kappa shape index (κ3) is 2.21. The molecule has 0 spiro atoms. The van der Waals surface area contributed by atoms with Crippen LogP contribution in [0.4, 0.5) is 0 Å². The zero-order valence-electron chi connectivity index (χ0n) is 10.5. The van der Waals surface area contributed by atoms with Crippen LogP contribution >= 0.6 is 11.3 Å². The number of amides is 1. The molecule has 0 aliphatic heterocycles. The van der Waals surface area contributed by atoms with Gasteiger partial charge in [0.05, 0.1) is 17.9 Å². The van der Waals surface area contributed by atoms with Crippen LogP contribution in [0.25, 0.3) is 4.96 Å². The van der Waals surface area contributed by atoms with Crippen molar-refractivity contribution in [2.45, 2.75) is 13.0 Å². The van der Waals surface area contributed by atoms with Gasteiger partial charge in [-0.1, -0.05) is 11.3 Å². The second-order valence-corrected chi connectivity index (χ2v) is 5.05. The van der Waals surface area contributed by atoms with Gasteiger partial charge in [0, 0.05) is 6.20 Å². The number of hydrogen-bond donors (Lipinski definition) is 2. The molecule has 1 amide bonds. The normalized spacial score (nSPS) is 12.4. The van der Waals surface area contributed by atoms with E-state index in [1.807, 2.05) is 6.92 Å². The molecule has 0 aliphatic carbocycles. The third-order valence-corrected chi connectivity index (χ3v) is 3.55. The van der Waals surface area contributed by atoms with Gasteiger partial charge in [-0.2, -0.15) is 5.10 Å². The molecule has 0 bridgehead atoms. The lowest BCUT2D eigenvalue weighted by Crippen LogP contribution is -2.31. The van der Waals surface area contributed by atoms with Crippen LogP contribution < -0.4 is 10.9 Å². The second-order valence-electron chi connectivity index (χ2n) is 4.24. The Morgan fingerprint density at radius 1 is 1.55 bits per heavy atom. The molecule has 2 N–H and O–H groups in total. The maximum atomic E-state index is 12.0. The fourth-order valence-corrected chi connectivity index (χ4v) is 2.42. The molecule has 7 nitrogen and oxygen atoms in total. The van der Waals surface area contributed by atoms with E-state index in [-0.39, 0.29) is 11.6 Å². The largest absolute Gasteiger partial charge is 0.344 e. The summed E-state index contributed by atoms with van der Waals surface area (Å²) in [7, 11) is 0. The average molecular weight is 289 g/mol. The highest BCUT2D eigenvalue weighted by Crippen LogP contribution is 2.15. The van der Waals surface area contributed by atoms with Crippen LogP contribution in [0.1, 0.15) is 29.0 Å². The molecule has 20 heavy (non-hydrogen) atoms. The van der Waals surface area contributed by atoms with Gasteiger partial charge < -0.3 is 10.3 Å². The SMILES string of the molecule is C[C@@H](NC(=O)c1ccc[nH]c1=O)c1cn2ncsc2n1. The molecule has 0 aliphatic rings. The number of nitrogens with zero attached hydrogens (tertiary/aromatic N) is 3. The molecule has 3 aromatic rings. The Hall–Kier alpha value is -2.48. The smallest absolute Gasteiger partial charge is 0.260 e. The van der Waals surface area contributed by atoms with E-state index in [9.17, 15) is 9.59 Å². The maximum Gasteiger partial charge on any atom is 0.260 e. The summed E-state index contributed by atoms with van der Waals surface area (Å²) in [6.07, 6.45) is 3.24. The van der Waals surface area contributed by atoms with Crippen molar-refractivity contribution in [2.75, 3.05) is 0 Å². The Morgan fingerprint density at radius 3 is 3.15 bits per heavy atom. The van der Waals surface area contributed by atoms with Gasteiger partial charge in [0.25, 0.3) is 11.5 Å². The number of fused-ring (bicyclic) bond motifs is 1. The maximum absolute atomic E-state index is 12.0. The van der Waals surface area contributed by atoms with Crippen molar-refractivity contribution in [1.82, 2.24) is 24.9 Å². The van der Waals surface area contributed by atoms with E-state index >= 15 is 0 Å². The number of nitrogens with one attached hydrogen (secondary N) is 2. The molecule has 0 saturated heterocycles. The van der Waals surface area contributed by atoms with Gasteiger partial charge in [0.1, 0.15) is 11.1 Å². The number of H-pyrrole nitrogens is 1. The van der Waals surface area contributed by atoms with Crippen LogP contribution in [0.15, 0.2) is 34.8 Å². The van der Waals surface area contributed by atoms with Gasteiger partial charge in [-0.25, -0.2) is 9.50 Å². The third-order valence-electron chi connectivity index (χ3n) is 2.86. The molecule has 3 heterocycles. The van der Waals surface area contributed by atoms with Crippen molar-refractivity contribution in [3.63, 3.8) is 0 Å². The summed E-state index contributed by atoms with van der Waals surface area (Å²) >= 11 is 1.42. The fourth-order valence-electron chi connectivity index (χ4n) is 1.81. The van der Waals surface area contributed by atoms with Crippen molar-refractivity contribution < 1.29 is 4.79 Å². The van der Waals surface area contributed by atoms with Crippen LogP contribution in [0.5, 0.6) is 0 Å². The highest BCUT2D eigenvalue weighted by molar-refractivity contribution is 7.14. The van der Waals surface area contributed by atoms with Crippen molar-refractivity contribution in [1.29, 1.82) is 0 Å². The highest BCUT2D eigenvalue weighted by Gasteiger charge is 2.16. The fraction of sp³-hybridized carbons (Fsp3) is 0.167. The number of imidazole rings is 1. The van der Waals surface area contributed by atoms with E-state index in [1.165, 1.54) is 23.6 Å². The molecule has 0 saturated carbocycles. The number of hydrogen-bond acceptors (Lipinski definition) is 5. The molecule has 8 heteroatoms. The zero-order valence-corrected chi connectivity index (χ0v) is 11.3. The van der Waals surface area contributed by atoms with Gasteiger partial charge in [-0.15, -0.1) is 0 Å². The van der Waals surface area contributed by atoms with Crippen LogP contribution in [0, 0.1) is 0 Å². The summed E-state index contributed by atoms with van der Waals surface area (Å²) in [5, 5.41) is 6.82. The summed E-state index contributed by atoms with van der Waals surface area (Å²) in [4.78, 5) is 31.1. The molecule has 3 aromatic heterocycles. The predicted molar refractivity (Wildman–Crippen MR) is 73.8 cm³/mol. The Labute approximate surface area is 117 Å². The first-order chi connectivity index (χ1) is 9.65. The summed E-state index contributed by atoms with van der Waals surface area (Å²) in [6.45, 7) is 1.81. The predicted octanol–water partition coefficient (Wildman–Crippen LogP) is 0.970. The van der Waals surface area contributed by atoms with Crippen LogP contribution in [0.2, 0.25) is 0 Å². The molecule has 0 aromatic carbocycles. The number of carbonyl (C=O) groups is 1. The average Bonchev–Trinajstić information content (AvgIpc) is 2.99. The van der Waals surface area contributed by atoms with Gasteiger partial charge in [0.15, 0.2) is 0 Å². The number of carbonyl (C=O) groups excluding carboxylic acids is 1. The highest BCUT2D eigenvalue weighted by atomic mass is 32.1. The van der Waals surface area contributed by atoms with E-state index in [1.54, 1.807) is 22.3 Å². The van der Waals surface area contributed by atoms with Crippen LogP contribution in [-0.2, 0) is 0 Å². The molecular formula is C12H11N5O2S. The quantitative estimate of drug-likeness (QED) is 0.751. The van der Waals surface area contributed by atoms with Gasteiger partial charge in [-0.05, 0) is 19.1 Å². The van der Waals surface area contributed by atoms with E-state index in [0.717, 1.165) is 4.96 Å². The lowest BCUT2D eigenvalue weighted by atomic mass is 10.2. The number of aromatic nitrogens is 4. The van der Waals surface area contributed by atoms with E-state index in [2.05, 4.69) is 20.4 Å². The summed E-state index contributed by atoms with van der Waals surface area (Å²) < 4.78 is 1.65. The van der Waals surface area contributed by atoms with Crippen molar-refractivity contribution >= 4 is 22.2 Å². The van der Waals surface area contributed by atoms with E-state index < -0.39 is 11.5 Å². The van der Waals surface area contributed by atoms with Gasteiger partial charge >= 0.3 is 0 Å². The van der Waals surface area contributed by atoms with Crippen molar-refractivity contribution in [2.24, 2.45) is 0 Å². The Kier molecular flexibility index (Phi) is 3.07. The summed E-state index contributed by atoms with van der Waals surface area (Å²) in [5.41, 5.74) is 2.06. The monoisotopic (exact) mass is 289 g/mol. The molecule has 0 fully saturated rings. The first-order valence-electron chi connectivity index (χ1n) is 5.92. The van der Waals surface area contributed by atoms with E-state index in [4.69, 9.17) is 0 Å². The lowest BCUT2D eigenvalue weighted by molar-refractivity contribution is 0.0937. The first-order valence-corrected chi connectivity index (χ1v) is 6.80. The van der Waals surface area contributed by atoms with Gasteiger partial charge in [0.2, 0.25) is 4.96 Å². The van der Waals surface area contributed by atoms with E-state index in [0.29, 0.717) is 5.69 Å².